The van der Waals surface area contributed by atoms with Crippen LogP contribution in [-0.2, 0) is 0 Å². The van der Waals surface area contributed by atoms with E-state index in [0.29, 0.717) is 24.1 Å². The van der Waals surface area contributed by atoms with Gasteiger partial charge in [0.05, 0.1) is 0 Å². The van der Waals surface area contributed by atoms with Gasteiger partial charge in [0, 0.05) is 18.2 Å². The molecule has 2 fully saturated rings. The first kappa shape index (κ1) is 8.52. The molecule has 2 rings (SSSR count). The number of aliphatic hydroxyl groups is 1. The standard InChI is InChI=1S/C10H19NO/c1-10(2)4-3-5-11(10)9-6-8(9)7-12/h8-9,12H,3-7H2,1-2H3. The van der Waals surface area contributed by atoms with Crippen LogP contribution in [0.25, 0.3) is 0 Å². The van der Waals surface area contributed by atoms with Crippen molar-refractivity contribution in [2.75, 3.05) is 13.2 Å². The molecule has 0 radical (unpaired) electrons. The fraction of sp³-hybridized carbons (Fsp3) is 1.00. The summed E-state index contributed by atoms with van der Waals surface area (Å²) in [5.41, 5.74) is 0.397. The smallest absolute Gasteiger partial charge is 0.0474 e. The lowest BCUT2D eigenvalue weighted by Gasteiger charge is -2.32. The molecule has 1 saturated carbocycles. The Morgan fingerprint density at radius 2 is 2.25 bits per heavy atom. The van der Waals surface area contributed by atoms with Crippen molar-refractivity contribution in [3.05, 3.63) is 0 Å². The number of aliphatic hydroxyl groups excluding tert-OH is 1. The van der Waals surface area contributed by atoms with Crippen LogP contribution in [0.1, 0.15) is 33.1 Å². The fourth-order valence-corrected chi connectivity index (χ4v) is 2.55. The second-order valence-corrected chi connectivity index (χ2v) is 4.86. The maximum absolute atomic E-state index is 8.98. The maximum Gasteiger partial charge on any atom is 0.0474 e. The minimum Gasteiger partial charge on any atom is -0.396 e. The highest BCUT2D eigenvalue weighted by Gasteiger charge is 2.47. The summed E-state index contributed by atoms with van der Waals surface area (Å²) in [6.45, 7) is 6.28. The van der Waals surface area contributed by atoms with Crippen molar-refractivity contribution in [3.63, 3.8) is 0 Å². The van der Waals surface area contributed by atoms with Crippen LogP contribution in [0.15, 0.2) is 0 Å². The molecule has 0 bridgehead atoms. The quantitative estimate of drug-likeness (QED) is 0.672. The SMILES string of the molecule is CC1(C)CCCN1C1CC1CO. The molecule has 12 heavy (non-hydrogen) atoms. The van der Waals surface area contributed by atoms with E-state index in [-0.39, 0.29) is 0 Å². The lowest BCUT2D eigenvalue weighted by atomic mass is 10.0. The van der Waals surface area contributed by atoms with Crippen LogP contribution in [-0.4, -0.2) is 34.7 Å². The lowest BCUT2D eigenvalue weighted by molar-refractivity contribution is 0.146. The van der Waals surface area contributed by atoms with Gasteiger partial charge in [-0.3, -0.25) is 4.90 Å². The van der Waals surface area contributed by atoms with E-state index in [4.69, 9.17) is 5.11 Å². The van der Waals surface area contributed by atoms with Gasteiger partial charge in [0.2, 0.25) is 0 Å². The second-order valence-electron chi connectivity index (χ2n) is 4.86. The zero-order chi connectivity index (χ0) is 8.77. The first-order valence-corrected chi connectivity index (χ1v) is 5.03. The summed E-state index contributed by atoms with van der Waals surface area (Å²) < 4.78 is 0. The van der Waals surface area contributed by atoms with Gasteiger partial charge >= 0.3 is 0 Å². The summed E-state index contributed by atoms with van der Waals surface area (Å²) in [4.78, 5) is 2.59. The van der Waals surface area contributed by atoms with Crippen LogP contribution in [0.4, 0.5) is 0 Å². The van der Waals surface area contributed by atoms with Gasteiger partial charge in [-0.25, -0.2) is 0 Å². The molecule has 1 aliphatic carbocycles. The third-order valence-corrected chi connectivity index (χ3v) is 3.49. The number of nitrogens with zero attached hydrogens (tertiary/aromatic N) is 1. The van der Waals surface area contributed by atoms with E-state index in [1.807, 2.05) is 0 Å². The highest BCUT2D eigenvalue weighted by molar-refractivity contribution is 5.02. The number of rotatable bonds is 2. The summed E-state index contributed by atoms with van der Waals surface area (Å²) >= 11 is 0. The average Bonchev–Trinajstić information content (AvgIpc) is 2.70. The highest BCUT2D eigenvalue weighted by atomic mass is 16.3. The van der Waals surface area contributed by atoms with Crippen molar-refractivity contribution in [1.29, 1.82) is 0 Å². The van der Waals surface area contributed by atoms with Crippen molar-refractivity contribution in [3.8, 4) is 0 Å². The largest absolute Gasteiger partial charge is 0.396 e. The third-order valence-electron chi connectivity index (χ3n) is 3.49. The molecule has 2 nitrogen and oxygen atoms in total. The monoisotopic (exact) mass is 169 g/mol. The Morgan fingerprint density at radius 3 is 2.67 bits per heavy atom. The van der Waals surface area contributed by atoms with Crippen molar-refractivity contribution in [2.24, 2.45) is 5.92 Å². The zero-order valence-electron chi connectivity index (χ0n) is 8.08. The van der Waals surface area contributed by atoms with Gasteiger partial charge in [-0.1, -0.05) is 0 Å². The number of likely N-dealkylation sites (tertiary alicyclic amines) is 1. The Hall–Kier alpha value is -0.0800. The van der Waals surface area contributed by atoms with Crippen LogP contribution in [0.5, 0.6) is 0 Å². The van der Waals surface area contributed by atoms with E-state index in [1.165, 1.54) is 25.8 Å². The van der Waals surface area contributed by atoms with E-state index in [0.717, 1.165) is 0 Å². The van der Waals surface area contributed by atoms with E-state index in [1.54, 1.807) is 0 Å². The van der Waals surface area contributed by atoms with Crippen LogP contribution < -0.4 is 0 Å². The Morgan fingerprint density at radius 1 is 1.50 bits per heavy atom. The van der Waals surface area contributed by atoms with Crippen LogP contribution in [0, 0.1) is 5.92 Å². The molecule has 1 heterocycles. The third kappa shape index (κ3) is 1.27. The molecule has 1 N–H and O–H groups in total. The first-order valence-electron chi connectivity index (χ1n) is 5.03. The Bertz CT molecular complexity index is 179. The minimum absolute atomic E-state index is 0.386. The molecule has 1 saturated heterocycles. The summed E-state index contributed by atoms with van der Waals surface area (Å²) in [6.07, 6.45) is 3.88. The van der Waals surface area contributed by atoms with Gasteiger partial charge in [0.1, 0.15) is 0 Å². The molecule has 0 aromatic carbocycles. The Labute approximate surface area is 74.6 Å². The Balaban J connectivity index is 1.96. The maximum atomic E-state index is 8.98. The minimum atomic E-state index is 0.386. The van der Waals surface area contributed by atoms with Crippen molar-refractivity contribution >= 4 is 0 Å². The second kappa shape index (κ2) is 2.71. The summed E-state index contributed by atoms with van der Waals surface area (Å²) in [7, 11) is 0. The fourth-order valence-electron chi connectivity index (χ4n) is 2.55. The zero-order valence-corrected chi connectivity index (χ0v) is 8.08. The van der Waals surface area contributed by atoms with Gasteiger partial charge in [0.25, 0.3) is 0 Å². The molecule has 2 atom stereocenters. The summed E-state index contributed by atoms with van der Waals surface area (Å²) in [5.74, 6) is 0.586. The van der Waals surface area contributed by atoms with E-state index >= 15 is 0 Å². The summed E-state index contributed by atoms with van der Waals surface area (Å²) in [5, 5.41) is 8.98. The van der Waals surface area contributed by atoms with Gasteiger partial charge in [0.15, 0.2) is 0 Å². The molecule has 2 unspecified atom stereocenters. The van der Waals surface area contributed by atoms with Crippen molar-refractivity contribution < 1.29 is 5.11 Å². The van der Waals surface area contributed by atoms with Gasteiger partial charge in [-0.05, 0) is 45.6 Å². The predicted molar refractivity (Wildman–Crippen MR) is 49.0 cm³/mol. The molecule has 0 amide bonds. The molecular weight excluding hydrogens is 150 g/mol. The van der Waals surface area contributed by atoms with Gasteiger partial charge in [-0.2, -0.15) is 0 Å². The molecule has 2 heteroatoms. The highest BCUT2D eigenvalue weighted by Crippen LogP contribution is 2.43. The molecule has 1 aliphatic heterocycles. The number of hydrogen-bond donors (Lipinski definition) is 1. The van der Waals surface area contributed by atoms with E-state index in [9.17, 15) is 0 Å². The molecule has 70 valence electrons. The average molecular weight is 169 g/mol. The van der Waals surface area contributed by atoms with Gasteiger partial charge < -0.3 is 5.11 Å². The van der Waals surface area contributed by atoms with Crippen LogP contribution in [0.3, 0.4) is 0 Å². The first-order chi connectivity index (χ1) is 5.65. The van der Waals surface area contributed by atoms with Gasteiger partial charge in [-0.15, -0.1) is 0 Å². The predicted octanol–water partition coefficient (Wildman–Crippen LogP) is 1.24. The van der Waals surface area contributed by atoms with Crippen LogP contribution >= 0.6 is 0 Å². The summed E-state index contributed by atoms with van der Waals surface area (Å²) in [6, 6.07) is 0.701. The normalized spacial score (nSPS) is 40.2. The topological polar surface area (TPSA) is 23.5 Å². The van der Waals surface area contributed by atoms with Crippen molar-refractivity contribution in [1.82, 2.24) is 4.90 Å². The van der Waals surface area contributed by atoms with E-state index < -0.39 is 0 Å². The molecule has 0 aromatic heterocycles. The molecular formula is C10H19NO. The number of hydrogen-bond acceptors (Lipinski definition) is 2. The Kier molecular flexibility index (Phi) is 1.92. The lowest BCUT2D eigenvalue weighted by Crippen LogP contribution is -2.40. The van der Waals surface area contributed by atoms with E-state index in [2.05, 4.69) is 18.7 Å². The van der Waals surface area contributed by atoms with Crippen LogP contribution in [0.2, 0.25) is 0 Å². The van der Waals surface area contributed by atoms with Crippen molar-refractivity contribution in [2.45, 2.75) is 44.7 Å². The molecule has 0 aromatic rings. The molecule has 0 spiro atoms. The molecule has 2 aliphatic rings.